The van der Waals surface area contributed by atoms with Crippen LogP contribution in [0.4, 0.5) is 0 Å². The van der Waals surface area contributed by atoms with E-state index in [9.17, 15) is 5.11 Å². The van der Waals surface area contributed by atoms with Crippen molar-refractivity contribution in [2.45, 2.75) is 44.6 Å². The standard InChI is InChI=1S/C15H23NO/c1-11(2)15(17,10-16)14-8-4-7-13(9-14)12-5-3-6-12/h4,7-9,11-12,17H,3,5-6,10,16H2,1-2H3. The Kier molecular flexibility index (Phi) is 3.55. The highest BCUT2D eigenvalue weighted by Crippen LogP contribution is 2.38. The first-order valence-electron chi connectivity index (χ1n) is 6.61. The average Bonchev–Trinajstić information content (AvgIpc) is 2.26. The smallest absolute Gasteiger partial charge is 0.104 e. The lowest BCUT2D eigenvalue weighted by atomic mass is 9.77. The first kappa shape index (κ1) is 12.6. The molecule has 1 aliphatic carbocycles. The van der Waals surface area contributed by atoms with E-state index in [-0.39, 0.29) is 12.5 Å². The van der Waals surface area contributed by atoms with Crippen molar-refractivity contribution >= 4 is 0 Å². The molecular formula is C15H23NO. The highest BCUT2D eigenvalue weighted by Gasteiger charge is 2.32. The highest BCUT2D eigenvalue weighted by atomic mass is 16.3. The van der Waals surface area contributed by atoms with E-state index in [0.29, 0.717) is 5.92 Å². The third-order valence-corrected chi connectivity index (χ3v) is 4.23. The summed E-state index contributed by atoms with van der Waals surface area (Å²) in [5.41, 5.74) is 7.21. The van der Waals surface area contributed by atoms with Crippen molar-refractivity contribution in [3.8, 4) is 0 Å². The fraction of sp³-hybridized carbons (Fsp3) is 0.600. The Morgan fingerprint density at radius 3 is 2.59 bits per heavy atom. The Bertz CT molecular complexity index is 384. The molecule has 1 aromatic rings. The molecule has 1 aromatic carbocycles. The van der Waals surface area contributed by atoms with Gasteiger partial charge in [-0.1, -0.05) is 44.5 Å². The van der Waals surface area contributed by atoms with E-state index >= 15 is 0 Å². The van der Waals surface area contributed by atoms with Crippen molar-refractivity contribution in [2.24, 2.45) is 11.7 Å². The van der Waals surface area contributed by atoms with E-state index in [1.54, 1.807) is 0 Å². The zero-order chi connectivity index (χ0) is 12.5. The summed E-state index contributed by atoms with van der Waals surface area (Å²) in [5.74, 6) is 0.827. The number of benzene rings is 1. The molecule has 3 N–H and O–H groups in total. The van der Waals surface area contributed by atoms with Gasteiger partial charge in [-0.25, -0.2) is 0 Å². The van der Waals surface area contributed by atoms with E-state index in [1.807, 2.05) is 26.0 Å². The molecule has 0 bridgehead atoms. The number of nitrogens with two attached hydrogens (primary N) is 1. The van der Waals surface area contributed by atoms with E-state index < -0.39 is 5.60 Å². The third kappa shape index (κ3) is 2.24. The molecule has 1 fully saturated rings. The summed E-state index contributed by atoms with van der Waals surface area (Å²) >= 11 is 0. The fourth-order valence-electron chi connectivity index (χ4n) is 2.49. The molecule has 94 valence electrons. The Balaban J connectivity index is 2.31. The maximum absolute atomic E-state index is 10.6. The molecule has 2 heteroatoms. The van der Waals surface area contributed by atoms with Crippen molar-refractivity contribution in [3.05, 3.63) is 35.4 Å². The normalized spacial score (nSPS) is 20.1. The molecule has 0 aromatic heterocycles. The van der Waals surface area contributed by atoms with Crippen LogP contribution in [-0.4, -0.2) is 11.7 Å². The summed E-state index contributed by atoms with van der Waals surface area (Å²) in [6.45, 7) is 4.31. The van der Waals surface area contributed by atoms with Gasteiger partial charge in [0.05, 0.1) is 0 Å². The minimum Gasteiger partial charge on any atom is -0.384 e. The molecule has 1 saturated carbocycles. The minimum absolute atomic E-state index is 0.129. The molecule has 2 rings (SSSR count). The van der Waals surface area contributed by atoms with Crippen LogP contribution in [0, 0.1) is 5.92 Å². The summed E-state index contributed by atoms with van der Waals surface area (Å²) in [7, 11) is 0. The van der Waals surface area contributed by atoms with Crippen molar-refractivity contribution in [1.29, 1.82) is 0 Å². The van der Waals surface area contributed by atoms with Gasteiger partial charge < -0.3 is 10.8 Å². The Labute approximate surface area is 104 Å². The Hall–Kier alpha value is -0.860. The predicted molar refractivity (Wildman–Crippen MR) is 70.8 cm³/mol. The molecule has 1 aliphatic rings. The minimum atomic E-state index is -0.889. The predicted octanol–water partition coefficient (Wildman–Crippen LogP) is 2.76. The van der Waals surface area contributed by atoms with Gasteiger partial charge in [0.1, 0.15) is 5.60 Å². The quantitative estimate of drug-likeness (QED) is 0.840. The lowest BCUT2D eigenvalue weighted by Crippen LogP contribution is -2.40. The molecule has 0 radical (unpaired) electrons. The summed E-state index contributed by atoms with van der Waals surface area (Å²) < 4.78 is 0. The number of rotatable bonds is 4. The van der Waals surface area contributed by atoms with Crippen molar-refractivity contribution in [3.63, 3.8) is 0 Å². The second kappa shape index (κ2) is 4.79. The average molecular weight is 233 g/mol. The second-order valence-electron chi connectivity index (χ2n) is 5.54. The van der Waals surface area contributed by atoms with Crippen LogP contribution in [0.25, 0.3) is 0 Å². The molecule has 0 amide bonds. The zero-order valence-electron chi connectivity index (χ0n) is 10.8. The topological polar surface area (TPSA) is 46.2 Å². The lowest BCUT2D eigenvalue weighted by Gasteiger charge is -2.33. The van der Waals surface area contributed by atoms with Gasteiger partial charge in [0.15, 0.2) is 0 Å². The molecule has 1 atom stereocenters. The van der Waals surface area contributed by atoms with Crippen LogP contribution in [0.3, 0.4) is 0 Å². The Morgan fingerprint density at radius 1 is 1.41 bits per heavy atom. The van der Waals surface area contributed by atoms with Crippen molar-refractivity contribution in [1.82, 2.24) is 0 Å². The summed E-state index contributed by atoms with van der Waals surface area (Å²) in [6.07, 6.45) is 3.90. The van der Waals surface area contributed by atoms with Gasteiger partial charge in [-0.2, -0.15) is 0 Å². The molecule has 0 saturated heterocycles. The van der Waals surface area contributed by atoms with Crippen LogP contribution in [0.2, 0.25) is 0 Å². The number of hydrogen-bond acceptors (Lipinski definition) is 2. The van der Waals surface area contributed by atoms with E-state index in [4.69, 9.17) is 5.73 Å². The van der Waals surface area contributed by atoms with Gasteiger partial charge in [0.25, 0.3) is 0 Å². The third-order valence-electron chi connectivity index (χ3n) is 4.23. The molecule has 1 unspecified atom stereocenters. The highest BCUT2D eigenvalue weighted by molar-refractivity contribution is 5.32. The lowest BCUT2D eigenvalue weighted by molar-refractivity contribution is -0.00125. The number of hydrogen-bond donors (Lipinski definition) is 2. The maximum Gasteiger partial charge on any atom is 0.104 e. The first-order valence-corrected chi connectivity index (χ1v) is 6.61. The van der Waals surface area contributed by atoms with Crippen molar-refractivity contribution < 1.29 is 5.11 Å². The van der Waals surface area contributed by atoms with Gasteiger partial charge in [0.2, 0.25) is 0 Å². The van der Waals surface area contributed by atoms with Crippen LogP contribution >= 0.6 is 0 Å². The van der Waals surface area contributed by atoms with Gasteiger partial charge in [-0.3, -0.25) is 0 Å². The van der Waals surface area contributed by atoms with Crippen molar-refractivity contribution in [2.75, 3.05) is 6.54 Å². The van der Waals surface area contributed by atoms with Gasteiger partial charge in [-0.15, -0.1) is 0 Å². The van der Waals surface area contributed by atoms with Gasteiger partial charge >= 0.3 is 0 Å². The molecule has 0 spiro atoms. The molecule has 0 aliphatic heterocycles. The molecule has 17 heavy (non-hydrogen) atoms. The van der Waals surface area contributed by atoms with E-state index in [0.717, 1.165) is 5.56 Å². The molecular weight excluding hydrogens is 210 g/mol. The number of aliphatic hydroxyl groups is 1. The second-order valence-corrected chi connectivity index (χ2v) is 5.54. The maximum atomic E-state index is 10.6. The van der Waals surface area contributed by atoms with Gasteiger partial charge in [-0.05, 0) is 35.8 Å². The SMILES string of the molecule is CC(C)C(O)(CN)c1cccc(C2CCC2)c1. The largest absolute Gasteiger partial charge is 0.384 e. The van der Waals surface area contributed by atoms with Crippen LogP contribution in [0.1, 0.15) is 50.2 Å². The fourth-order valence-corrected chi connectivity index (χ4v) is 2.49. The van der Waals surface area contributed by atoms with Crippen LogP contribution < -0.4 is 5.73 Å². The van der Waals surface area contributed by atoms with E-state index in [2.05, 4.69) is 12.1 Å². The summed E-state index contributed by atoms with van der Waals surface area (Å²) in [4.78, 5) is 0. The first-order chi connectivity index (χ1) is 8.08. The van der Waals surface area contributed by atoms with Crippen LogP contribution in [0.5, 0.6) is 0 Å². The van der Waals surface area contributed by atoms with Crippen LogP contribution in [0.15, 0.2) is 24.3 Å². The van der Waals surface area contributed by atoms with Gasteiger partial charge in [0, 0.05) is 6.54 Å². The molecule has 0 heterocycles. The monoisotopic (exact) mass is 233 g/mol. The van der Waals surface area contributed by atoms with Crippen LogP contribution in [-0.2, 0) is 5.60 Å². The summed E-state index contributed by atoms with van der Waals surface area (Å²) in [6, 6.07) is 8.36. The van der Waals surface area contributed by atoms with E-state index in [1.165, 1.54) is 24.8 Å². The Morgan fingerprint density at radius 2 is 2.12 bits per heavy atom. The zero-order valence-corrected chi connectivity index (χ0v) is 10.8. The molecule has 2 nitrogen and oxygen atoms in total. The summed E-state index contributed by atoms with van der Waals surface area (Å²) in [5, 5.41) is 10.6.